The van der Waals surface area contributed by atoms with E-state index in [1.807, 2.05) is 17.5 Å². The van der Waals surface area contributed by atoms with Crippen molar-refractivity contribution in [1.82, 2.24) is 4.98 Å². The van der Waals surface area contributed by atoms with Gasteiger partial charge in [0.25, 0.3) is 0 Å². The van der Waals surface area contributed by atoms with Gasteiger partial charge in [0.15, 0.2) is 9.84 Å². The first kappa shape index (κ1) is 17.1. The van der Waals surface area contributed by atoms with E-state index in [9.17, 15) is 12.8 Å². The molecule has 0 N–H and O–H groups in total. The Morgan fingerprint density at radius 3 is 2.62 bits per heavy atom. The Morgan fingerprint density at radius 1 is 1.17 bits per heavy atom. The maximum Gasteiger partial charge on any atom is 0.213 e. The van der Waals surface area contributed by atoms with Crippen molar-refractivity contribution in [1.29, 1.82) is 0 Å². The van der Waals surface area contributed by atoms with Gasteiger partial charge in [0.1, 0.15) is 0 Å². The van der Waals surface area contributed by atoms with E-state index < -0.39 is 15.8 Å². The van der Waals surface area contributed by atoms with Gasteiger partial charge in [-0.2, -0.15) is 4.39 Å². The summed E-state index contributed by atoms with van der Waals surface area (Å²) in [6, 6.07) is 10.3. The van der Waals surface area contributed by atoms with Crippen LogP contribution in [0.15, 0.2) is 48.0 Å². The molecular formula is C17H13ClFNO2S2. The molecule has 7 heteroatoms. The van der Waals surface area contributed by atoms with Crippen LogP contribution in [0, 0.1) is 5.95 Å². The average Bonchev–Trinajstić information content (AvgIpc) is 2.95. The molecule has 0 amide bonds. The van der Waals surface area contributed by atoms with Crippen LogP contribution < -0.4 is 0 Å². The summed E-state index contributed by atoms with van der Waals surface area (Å²) in [6.07, 6.45) is 2.61. The molecule has 0 unspecified atom stereocenters. The van der Waals surface area contributed by atoms with E-state index in [1.54, 1.807) is 18.2 Å². The van der Waals surface area contributed by atoms with Crippen LogP contribution in [0.5, 0.6) is 0 Å². The number of aromatic nitrogens is 1. The molecular weight excluding hydrogens is 369 g/mol. The first-order chi connectivity index (χ1) is 11.3. The molecule has 0 aliphatic heterocycles. The molecule has 0 aliphatic rings. The first-order valence-electron chi connectivity index (χ1n) is 6.99. The van der Waals surface area contributed by atoms with E-state index in [2.05, 4.69) is 4.98 Å². The second-order valence-corrected chi connectivity index (χ2v) is 8.91. The predicted molar refractivity (Wildman–Crippen MR) is 96.5 cm³/mol. The van der Waals surface area contributed by atoms with Crippen LogP contribution in [0.25, 0.3) is 21.6 Å². The molecule has 0 saturated carbocycles. The minimum Gasteiger partial charge on any atom is -0.229 e. The molecule has 0 bridgehead atoms. The zero-order valence-electron chi connectivity index (χ0n) is 12.7. The number of benzene rings is 1. The summed E-state index contributed by atoms with van der Waals surface area (Å²) in [5.41, 5.74) is 3.10. The molecule has 3 aromatic rings. The van der Waals surface area contributed by atoms with E-state index in [4.69, 9.17) is 11.6 Å². The second kappa shape index (κ2) is 6.63. The summed E-state index contributed by atoms with van der Waals surface area (Å²) in [5, 5.41) is 2.41. The third-order valence-corrected chi connectivity index (χ3v) is 5.52. The zero-order valence-corrected chi connectivity index (χ0v) is 15.1. The van der Waals surface area contributed by atoms with Crippen molar-refractivity contribution in [3.8, 4) is 21.6 Å². The van der Waals surface area contributed by atoms with Crippen LogP contribution in [-0.2, 0) is 15.6 Å². The second-order valence-electron chi connectivity index (χ2n) is 5.45. The van der Waals surface area contributed by atoms with Crippen molar-refractivity contribution in [3.63, 3.8) is 0 Å². The van der Waals surface area contributed by atoms with Gasteiger partial charge in [-0.1, -0.05) is 23.7 Å². The molecule has 0 fully saturated rings. The number of rotatable bonds is 4. The molecule has 124 valence electrons. The topological polar surface area (TPSA) is 47.0 Å². The molecule has 2 heterocycles. The third kappa shape index (κ3) is 4.01. The number of hydrogen-bond acceptors (Lipinski definition) is 4. The lowest BCUT2D eigenvalue weighted by Gasteiger charge is -2.05. The lowest BCUT2D eigenvalue weighted by Crippen LogP contribution is -2.00. The van der Waals surface area contributed by atoms with Gasteiger partial charge in [-0.15, -0.1) is 11.3 Å². The standard InChI is InChI=1S/C17H13ClFNO2S2/c1-24(21,22)10-11-2-3-14(15(18)6-11)16-7-13(9-23-16)12-4-5-20-17(19)8-12/h2-9H,10H2,1H3. The molecule has 0 saturated heterocycles. The number of hydrogen-bond donors (Lipinski definition) is 0. The van der Waals surface area contributed by atoms with Gasteiger partial charge in [-0.25, -0.2) is 13.4 Å². The summed E-state index contributed by atoms with van der Waals surface area (Å²) in [6.45, 7) is 0. The molecule has 3 nitrogen and oxygen atoms in total. The highest BCUT2D eigenvalue weighted by atomic mass is 35.5. The SMILES string of the molecule is CS(=O)(=O)Cc1ccc(-c2cc(-c3ccnc(F)c3)cs2)c(Cl)c1. The van der Waals surface area contributed by atoms with Crippen LogP contribution in [0.4, 0.5) is 4.39 Å². The molecule has 0 radical (unpaired) electrons. The number of sulfone groups is 1. The third-order valence-electron chi connectivity index (χ3n) is 3.39. The highest BCUT2D eigenvalue weighted by molar-refractivity contribution is 7.89. The largest absolute Gasteiger partial charge is 0.229 e. The smallest absolute Gasteiger partial charge is 0.213 e. The highest BCUT2D eigenvalue weighted by Crippen LogP contribution is 2.36. The van der Waals surface area contributed by atoms with Crippen LogP contribution in [-0.4, -0.2) is 19.7 Å². The fourth-order valence-corrected chi connectivity index (χ4v) is 4.47. The summed E-state index contributed by atoms with van der Waals surface area (Å²) in [5.74, 6) is -0.567. The van der Waals surface area contributed by atoms with Crippen LogP contribution in [0.2, 0.25) is 5.02 Å². The van der Waals surface area contributed by atoms with Crippen LogP contribution >= 0.6 is 22.9 Å². The fourth-order valence-electron chi connectivity index (χ4n) is 2.36. The van der Waals surface area contributed by atoms with Crippen LogP contribution in [0.1, 0.15) is 5.56 Å². The van der Waals surface area contributed by atoms with Crippen molar-refractivity contribution in [2.75, 3.05) is 6.26 Å². The minimum absolute atomic E-state index is 0.0427. The lowest BCUT2D eigenvalue weighted by atomic mass is 10.1. The monoisotopic (exact) mass is 381 g/mol. The van der Waals surface area contributed by atoms with E-state index in [0.717, 1.165) is 21.6 Å². The minimum atomic E-state index is -3.10. The summed E-state index contributed by atoms with van der Waals surface area (Å²) < 4.78 is 36.0. The Bertz CT molecular complexity index is 999. The van der Waals surface area contributed by atoms with Gasteiger partial charge in [-0.3, -0.25) is 0 Å². The molecule has 0 aliphatic carbocycles. The zero-order chi connectivity index (χ0) is 17.3. The molecule has 3 rings (SSSR count). The Labute approximate surface area is 148 Å². The quantitative estimate of drug-likeness (QED) is 0.609. The Morgan fingerprint density at radius 2 is 1.96 bits per heavy atom. The van der Waals surface area contributed by atoms with Crippen molar-refractivity contribution in [2.24, 2.45) is 0 Å². The normalized spacial score (nSPS) is 11.6. The van der Waals surface area contributed by atoms with Gasteiger partial charge < -0.3 is 0 Å². The number of nitrogens with zero attached hydrogens (tertiary/aromatic N) is 1. The van der Waals surface area contributed by atoms with E-state index >= 15 is 0 Å². The lowest BCUT2D eigenvalue weighted by molar-refractivity contribution is 0.584. The highest BCUT2D eigenvalue weighted by Gasteiger charge is 2.11. The van der Waals surface area contributed by atoms with Gasteiger partial charge in [-0.05, 0) is 40.3 Å². The summed E-state index contributed by atoms with van der Waals surface area (Å²) in [4.78, 5) is 4.48. The Hall–Kier alpha value is -1.76. The van der Waals surface area contributed by atoms with Gasteiger partial charge in [0.05, 0.1) is 5.75 Å². The molecule has 0 atom stereocenters. The maximum absolute atomic E-state index is 13.2. The van der Waals surface area contributed by atoms with Crippen molar-refractivity contribution >= 4 is 32.8 Å². The molecule has 24 heavy (non-hydrogen) atoms. The Kier molecular flexibility index (Phi) is 4.71. The van der Waals surface area contributed by atoms with Crippen molar-refractivity contribution < 1.29 is 12.8 Å². The fraction of sp³-hybridized carbons (Fsp3) is 0.118. The molecule has 1 aromatic carbocycles. The van der Waals surface area contributed by atoms with E-state index in [1.165, 1.54) is 29.9 Å². The summed E-state index contributed by atoms with van der Waals surface area (Å²) in [7, 11) is -3.10. The number of thiophene rings is 1. The molecule has 0 spiro atoms. The van der Waals surface area contributed by atoms with Gasteiger partial charge >= 0.3 is 0 Å². The first-order valence-corrected chi connectivity index (χ1v) is 10.3. The van der Waals surface area contributed by atoms with Gasteiger partial charge in [0.2, 0.25) is 5.95 Å². The van der Waals surface area contributed by atoms with E-state index in [0.29, 0.717) is 10.6 Å². The molecule has 2 aromatic heterocycles. The maximum atomic E-state index is 13.2. The van der Waals surface area contributed by atoms with Crippen molar-refractivity contribution in [2.45, 2.75) is 5.75 Å². The van der Waals surface area contributed by atoms with Gasteiger partial charge in [0, 0.05) is 34.0 Å². The predicted octanol–water partition coefficient (Wildman–Crippen LogP) is 4.81. The average molecular weight is 382 g/mol. The number of halogens is 2. The van der Waals surface area contributed by atoms with Crippen molar-refractivity contribution in [3.05, 3.63) is 64.5 Å². The van der Waals surface area contributed by atoms with E-state index in [-0.39, 0.29) is 5.75 Å². The Balaban J connectivity index is 1.93. The van der Waals surface area contributed by atoms with Crippen LogP contribution in [0.3, 0.4) is 0 Å². The number of pyridine rings is 1. The summed E-state index contributed by atoms with van der Waals surface area (Å²) >= 11 is 7.81.